The highest BCUT2D eigenvalue weighted by atomic mass is 16.4. The molecule has 0 aliphatic rings. The second-order valence-electron chi connectivity index (χ2n) is 5.90. The molecule has 1 aromatic carbocycles. The summed E-state index contributed by atoms with van der Waals surface area (Å²) < 4.78 is 1.29. The molecule has 0 fully saturated rings. The molecule has 0 unspecified atom stereocenters. The van der Waals surface area contributed by atoms with E-state index in [4.69, 9.17) is 0 Å². The van der Waals surface area contributed by atoms with Gasteiger partial charge >= 0.3 is 5.97 Å². The number of aryl methyl sites for hydroxylation is 1. The van der Waals surface area contributed by atoms with Crippen molar-refractivity contribution >= 4 is 5.97 Å². The minimum atomic E-state index is -1.21. The number of hydrogen-bond acceptors (Lipinski definition) is 2. The van der Waals surface area contributed by atoms with E-state index in [1.54, 1.807) is 6.07 Å². The molecule has 0 spiro atoms. The third-order valence-electron chi connectivity index (χ3n) is 3.11. The van der Waals surface area contributed by atoms with Crippen LogP contribution >= 0.6 is 0 Å². The van der Waals surface area contributed by atoms with Crippen LogP contribution in [0.25, 0.3) is 5.69 Å². The Morgan fingerprint density at radius 2 is 1.95 bits per heavy atom. The van der Waals surface area contributed by atoms with Gasteiger partial charge in [-0.25, -0.2) is 9.48 Å². The first-order valence-electron chi connectivity index (χ1n) is 6.37. The van der Waals surface area contributed by atoms with Crippen LogP contribution in [0.1, 0.15) is 42.4 Å². The van der Waals surface area contributed by atoms with Crippen LogP contribution in [0.3, 0.4) is 0 Å². The number of hydrogen-bond donors (Lipinski definition) is 2. The molecule has 0 radical (unpaired) electrons. The molecule has 5 heteroatoms. The highest BCUT2D eigenvalue weighted by Gasteiger charge is 2.28. The Morgan fingerprint density at radius 3 is 2.40 bits per heavy atom. The zero-order valence-electron chi connectivity index (χ0n) is 12.0. The third kappa shape index (κ3) is 2.39. The number of nitrogens with zero attached hydrogens (tertiary/aromatic N) is 1. The molecule has 0 aliphatic carbocycles. The minimum absolute atomic E-state index is 0.195. The lowest BCUT2D eigenvalue weighted by Crippen LogP contribution is -2.22. The topological polar surface area (TPSA) is 75.1 Å². The Balaban J connectivity index is 2.75. The van der Waals surface area contributed by atoms with Crippen molar-refractivity contribution in [3.8, 4) is 5.69 Å². The van der Waals surface area contributed by atoms with Crippen molar-refractivity contribution in [2.24, 2.45) is 0 Å². The summed E-state index contributed by atoms with van der Waals surface area (Å²) in [5.74, 6) is -1.21. The van der Waals surface area contributed by atoms with Crippen LogP contribution in [-0.4, -0.2) is 20.9 Å². The highest BCUT2D eigenvalue weighted by molar-refractivity contribution is 5.89. The summed E-state index contributed by atoms with van der Waals surface area (Å²) in [5, 5.41) is 12.2. The van der Waals surface area contributed by atoms with E-state index in [9.17, 15) is 14.7 Å². The molecule has 2 N–H and O–H groups in total. The lowest BCUT2D eigenvalue weighted by atomic mass is 9.89. The molecule has 106 valence electrons. The van der Waals surface area contributed by atoms with Crippen molar-refractivity contribution < 1.29 is 9.90 Å². The SMILES string of the molecule is Cc1cccc(-n2[nH]c(C(C)(C)C)c(C(=O)O)c2=O)c1. The lowest BCUT2D eigenvalue weighted by molar-refractivity contribution is 0.0692. The average Bonchev–Trinajstić information content (AvgIpc) is 2.66. The second-order valence-corrected chi connectivity index (χ2v) is 5.90. The van der Waals surface area contributed by atoms with Gasteiger partial charge in [0.2, 0.25) is 0 Å². The lowest BCUT2D eigenvalue weighted by Gasteiger charge is -2.17. The van der Waals surface area contributed by atoms with Crippen molar-refractivity contribution in [1.82, 2.24) is 9.78 Å². The summed E-state index contributed by atoms with van der Waals surface area (Å²) in [7, 11) is 0. The van der Waals surface area contributed by atoms with E-state index in [2.05, 4.69) is 5.10 Å². The van der Waals surface area contributed by atoms with Crippen molar-refractivity contribution in [3.63, 3.8) is 0 Å². The van der Waals surface area contributed by atoms with Crippen LogP contribution in [0.2, 0.25) is 0 Å². The van der Waals surface area contributed by atoms with Gasteiger partial charge < -0.3 is 5.11 Å². The second kappa shape index (κ2) is 4.67. The fourth-order valence-corrected chi connectivity index (χ4v) is 2.13. The molecule has 5 nitrogen and oxygen atoms in total. The largest absolute Gasteiger partial charge is 0.477 e. The molecule has 1 aromatic heterocycles. The zero-order chi connectivity index (χ0) is 15.1. The fraction of sp³-hybridized carbons (Fsp3) is 0.333. The number of nitrogens with one attached hydrogen (secondary N) is 1. The van der Waals surface area contributed by atoms with E-state index >= 15 is 0 Å². The summed E-state index contributed by atoms with van der Waals surface area (Å²) in [6, 6.07) is 7.34. The van der Waals surface area contributed by atoms with Gasteiger partial charge in [0, 0.05) is 5.41 Å². The number of carboxylic acid groups (broad SMARTS) is 1. The zero-order valence-corrected chi connectivity index (χ0v) is 12.0. The van der Waals surface area contributed by atoms with Crippen LogP contribution < -0.4 is 5.56 Å². The third-order valence-corrected chi connectivity index (χ3v) is 3.11. The molecule has 0 saturated heterocycles. The number of benzene rings is 1. The molecule has 1 heterocycles. The fourth-order valence-electron chi connectivity index (χ4n) is 2.13. The first-order chi connectivity index (χ1) is 9.21. The van der Waals surface area contributed by atoms with Gasteiger partial charge in [0.05, 0.1) is 11.4 Å². The number of aromatic carboxylic acids is 1. The molecule has 0 saturated carbocycles. The summed E-state index contributed by atoms with van der Waals surface area (Å²) in [6.45, 7) is 7.52. The van der Waals surface area contributed by atoms with Crippen molar-refractivity contribution in [2.45, 2.75) is 33.1 Å². The summed E-state index contributed by atoms with van der Waals surface area (Å²) in [5.41, 5.74) is 0.872. The maximum absolute atomic E-state index is 12.3. The summed E-state index contributed by atoms with van der Waals surface area (Å²) >= 11 is 0. The Kier molecular flexibility index (Phi) is 3.29. The predicted octanol–water partition coefficient (Wildman–Crippen LogP) is 2.47. The average molecular weight is 274 g/mol. The van der Waals surface area contributed by atoms with E-state index in [0.29, 0.717) is 11.4 Å². The van der Waals surface area contributed by atoms with Crippen LogP contribution in [0.15, 0.2) is 29.1 Å². The smallest absolute Gasteiger partial charge is 0.343 e. The molecule has 2 aromatic rings. The Morgan fingerprint density at radius 1 is 1.30 bits per heavy atom. The van der Waals surface area contributed by atoms with E-state index in [1.807, 2.05) is 45.9 Å². The molecule has 0 atom stereocenters. The number of H-pyrrole nitrogens is 1. The number of aromatic nitrogens is 2. The van der Waals surface area contributed by atoms with Gasteiger partial charge in [-0.1, -0.05) is 32.9 Å². The maximum Gasteiger partial charge on any atom is 0.343 e. The van der Waals surface area contributed by atoms with E-state index in [1.165, 1.54) is 4.68 Å². The maximum atomic E-state index is 12.3. The number of carboxylic acids is 1. The van der Waals surface area contributed by atoms with Gasteiger partial charge in [0.15, 0.2) is 0 Å². The molecular formula is C15H18N2O3. The van der Waals surface area contributed by atoms with Crippen molar-refractivity contribution in [3.05, 3.63) is 51.4 Å². The first kappa shape index (κ1) is 14.1. The summed E-state index contributed by atoms with van der Waals surface area (Å²) in [4.78, 5) is 23.7. The molecule has 20 heavy (non-hydrogen) atoms. The number of carbonyl (C=O) groups is 1. The van der Waals surface area contributed by atoms with Gasteiger partial charge in [-0.05, 0) is 24.6 Å². The molecular weight excluding hydrogens is 256 g/mol. The van der Waals surface area contributed by atoms with E-state index < -0.39 is 16.9 Å². The molecule has 0 bridgehead atoms. The van der Waals surface area contributed by atoms with Gasteiger partial charge in [0.1, 0.15) is 5.56 Å². The van der Waals surface area contributed by atoms with Crippen LogP contribution in [0.4, 0.5) is 0 Å². The van der Waals surface area contributed by atoms with Gasteiger partial charge in [0.25, 0.3) is 5.56 Å². The summed E-state index contributed by atoms with van der Waals surface area (Å²) in [6.07, 6.45) is 0. The van der Waals surface area contributed by atoms with Crippen LogP contribution in [0, 0.1) is 6.92 Å². The predicted molar refractivity (Wildman–Crippen MR) is 76.8 cm³/mol. The van der Waals surface area contributed by atoms with Gasteiger partial charge in [-0.15, -0.1) is 0 Å². The molecule has 0 amide bonds. The standard InChI is InChI=1S/C15H18N2O3/c1-9-6-5-7-10(8-9)17-13(18)11(14(19)20)12(16-17)15(2,3)4/h5-8,16H,1-4H3,(H,19,20). The molecule has 2 rings (SSSR count). The number of rotatable bonds is 2. The van der Waals surface area contributed by atoms with E-state index in [-0.39, 0.29) is 5.56 Å². The Labute approximate surface area is 116 Å². The quantitative estimate of drug-likeness (QED) is 0.883. The van der Waals surface area contributed by atoms with Crippen LogP contribution in [0.5, 0.6) is 0 Å². The normalized spacial score (nSPS) is 11.6. The molecule has 0 aliphatic heterocycles. The highest BCUT2D eigenvalue weighted by Crippen LogP contribution is 2.23. The van der Waals surface area contributed by atoms with Crippen LogP contribution in [-0.2, 0) is 5.41 Å². The van der Waals surface area contributed by atoms with Gasteiger partial charge in [-0.2, -0.15) is 0 Å². The van der Waals surface area contributed by atoms with Crippen molar-refractivity contribution in [1.29, 1.82) is 0 Å². The Hall–Kier alpha value is -2.30. The Bertz CT molecular complexity index is 717. The van der Waals surface area contributed by atoms with E-state index in [0.717, 1.165) is 5.56 Å². The minimum Gasteiger partial charge on any atom is -0.477 e. The number of aromatic amines is 1. The monoisotopic (exact) mass is 274 g/mol. The van der Waals surface area contributed by atoms with Gasteiger partial charge in [-0.3, -0.25) is 9.89 Å². The van der Waals surface area contributed by atoms with Crippen molar-refractivity contribution in [2.75, 3.05) is 0 Å². The first-order valence-corrected chi connectivity index (χ1v) is 6.37.